The average molecular weight is 385 g/mol. The molecule has 2 saturated heterocycles. The van der Waals surface area contributed by atoms with Gasteiger partial charge in [-0.2, -0.15) is 0 Å². The summed E-state index contributed by atoms with van der Waals surface area (Å²) in [5.74, 6) is 1.16. The van der Waals surface area contributed by atoms with Gasteiger partial charge in [0, 0.05) is 24.2 Å². The molecule has 2 fully saturated rings. The molecular weight excluding hydrogens is 357 g/mol. The van der Waals surface area contributed by atoms with Gasteiger partial charge >= 0.3 is 0 Å². The molecule has 2 aromatic carbocycles. The second kappa shape index (κ2) is 7.37. The number of aryl methyl sites for hydroxylation is 1. The smallest absolute Gasteiger partial charge is 0.161 e. The van der Waals surface area contributed by atoms with Gasteiger partial charge in [-0.1, -0.05) is 18.2 Å². The summed E-state index contributed by atoms with van der Waals surface area (Å²) >= 11 is 0. The number of aliphatic hydroxyl groups is 1. The summed E-state index contributed by atoms with van der Waals surface area (Å²) in [6.45, 7) is 2.88. The Morgan fingerprint density at radius 2 is 1.68 bits per heavy atom. The Bertz CT molecular complexity index is 855. The molecule has 2 heterocycles. The van der Waals surface area contributed by atoms with Crippen LogP contribution in [0.1, 0.15) is 42.4 Å². The summed E-state index contributed by atoms with van der Waals surface area (Å²) in [5.41, 5.74) is 1.71. The van der Waals surface area contributed by atoms with E-state index < -0.39 is 5.60 Å². The van der Waals surface area contributed by atoms with Crippen LogP contribution in [-0.2, 0) is 12.1 Å². The molecule has 0 amide bonds. The molecule has 0 aromatic heterocycles. The number of methoxy groups -OCH3 is 2. The maximum atomic E-state index is 14.3. The van der Waals surface area contributed by atoms with Crippen LogP contribution in [0, 0.1) is 12.7 Å². The second-order valence-corrected chi connectivity index (χ2v) is 8.11. The van der Waals surface area contributed by atoms with E-state index in [0.29, 0.717) is 18.4 Å². The van der Waals surface area contributed by atoms with Crippen LogP contribution >= 0.6 is 0 Å². The fourth-order valence-electron chi connectivity index (χ4n) is 5.02. The minimum atomic E-state index is -1.08. The molecule has 2 aliphatic rings. The largest absolute Gasteiger partial charge is 0.493 e. The molecule has 28 heavy (non-hydrogen) atoms. The van der Waals surface area contributed by atoms with Crippen molar-refractivity contribution >= 4 is 0 Å². The Balaban J connectivity index is 1.58. The van der Waals surface area contributed by atoms with E-state index in [9.17, 15) is 9.50 Å². The molecule has 0 saturated carbocycles. The maximum absolute atomic E-state index is 14.3. The third-order valence-electron chi connectivity index (χ3n) is 6.49. The number of hydrogen-bond donors (Lipinski definition) is 1. The molecule has 2 aliphatic heterocycles. The van der Waals surface area contributed by atoms with Crippen LogP contribution in [0.4, 0.5) is 4.39 Å². The molecule has 4 nitrogen and oxygen atoms in total. The van der Waals surface area contributed by atoms with Crippen molar-refractivity contribution in [2.45, 2.75) is 56.8 Å². The average Bonchev–Trinajstić information content (AvgIpc) is 2.93. The lowest BCUT2D eigenvalue weighted by atomic mass is 9.80. The fourth-order valence-corrected chi connectivity index (χ4v) is 5.02. The molecule has 1 N–H and O–H groups in total. The van der Waals surface area contributed by atoms with Crippen molar-refractivity contribution in [3.05, 3.63) is 58.9 Å². The van der Waals surface area contributed by atoms with E-state index in [2.05, 4.69) is 11.8 Å². The number of piperidine rings is 1. The molecule has 0 aliphatic carbocycles. The normalized spacial score (nSPS) is 27.0. The Morgan fingerprint density at radius 1 is 1.07 bits per heavy atom. The van der Waals surface area contributed by atoms with Gasteiger partial charge in [-0.3, -0.25) is 4.90 Å². The lowest BCUT2D eigenvalue weighted by molar-refractivity contribution is -0.0616. The summed E-state index contributed by atoms with van der Waals surface area (Å²) in [6.07, 6.45) is 3.20. The molecule has 5 heteroatoms. The van der Waals surface area contributed by atoms with Crippen molar-refractivity contribution in [3.63, 3.8) is 0 Å². The van der Waals surface area contributed by atoms with Crippen LogP contribution in [-0.4, -0.2) is 36.3 Å². The first-order valence-corrected chi connectivity index (χ1v) is 9.90. The Kier molecular flexibility index (Phi) is 5.06. The zero-order chi connectivity index (χ0) is 19.9. The molecular formula is C23H28FNO3. The minimum Gasteiger partial charge on any atom is -0.493 e. The van der Waals surface area contributed by atoms with Crippen LogP contribution < -0.4 is 9.47 Å². The van der Waals surface area contributed by atoms with E-state index in [1.807, 2.05) is 12.1 Å². The van der Waals surface area contributed by atoms with E-state index in [1.54, 1.807) is 32.4 Å². The number of halogens is 1. The summed E-state index contributed by atoms with van der Waals surface area (Å²) in [7, 11) is 3.29. The first-order chi connectivity index (χ1) is 13.4. The van der Waals surface area contributed by atoms with Gasteiger partial charge in [0.15, 0.2) is 11.5 Å². The van der Waals surface area contributed by atoms with Crippen LogP contribution in [0.15, 0.2) is 36.4 Å². The highest BCUT2D eigenvalue weighted by Gasteiger charge is 2.49. The second-order valence-electron chi connectivity index (χ2n) is 8.11. The number of benzene rings is 2. The predicted molar refractivity (Wildman–Crippen MR) is 106 cm³/mol. The van der Waals surface area contributed by atoms with E-state index in [4.69, 9.17) is 9.47 Å². The van der Waals surface area contributed by atoms with E-state index in [-0.39, 0.29) is 17.9 Å². The molecule has 4 rings (SSSR count). The Morgan fingerprint density at radius 3 is 2.29 bits per heavy atom. The SMILES string of the molecule is COc1cc(C)c(CN2[C@H]3CC[C@H]2CC(O)(c2ccccc2F)C3)cc1OC. The van der Waals surface area contributed by atoms with Gasteiger partial charge < -0.3 is 14.6 Å². The first-order valence-electron chi connectivity index (χ1n) is 9.90. The minimum absolute atomic E-state index is 0.246. The molecule has 2 aromatic rings. The van der Waals surface area contributed by atoms with Crippen molar-refractivity contribution in [2.24, 2.45) is 0 Å². The van der Waals surface area contributed by atoms with Gasteiger partial charge in [0.25, 0.3) is 0 Å². The van der Waals surface area contributed by atoms with E-state index >= 15 is 0 Å². The highest BCUT2D eigenvalue weighted by molar-refractivity contribution is 5.47. The third-order valence-corrected chi connectivity index (χ3v) is 6.49. The highest BCUT2D eigenvalue weighted by Crippen LogP contribution is 2.47. The van der Waals surface area contributed by atoms with Gasteiger partial charge in [0.05, 0.1) is 19.8 Å². The number of hydrogen-bond acceptors (Lipinski definition) is 4. The number of rotatable bonds is 5. The standard InChI is InChI=1S/C23H28FNO3/c1-15-10-21(27-2)22(28-3)11-16(15)14-25-17-8-9-18(25)13-23(26,12-17)19-6-4-5-7-20(19)24/h4-7,10-11,17-18,26H,8-9,12-14H2,1-3H3/t17-,18-/m0/s1. The molecule has 0 unspecified atom stereocenters. The topological polar surface area (TPSA) is 41.9 Å². The Hall–Kier alpha value is -2.11. The van der Waals surface area contributed by atoms with Crippen LogP contribution in [0.5, 0.6) is 11.5 Å². The summed E-state index contributed by atoms with van der Waals surface area (Å²) in [6, 6.07) is 11.2. The maximum Gasteiger partial charge on any atom is 0.161 e. The van der Waals surface area contributed by atoms with E-state index in [1.165, 1.54) is 11.6 Å². The molecule has 2 bridgehead atoms. The van der Waals surface area contributed by atoms with Crippen LogP contribution in [0.3, 0.4) is 0 Å². The number of nitrogens with zero attached hydrogens (tertiary/aromatic N) is 1. The fraction of sp³-hybridized carbons (Fsp3) is 0.478. The zero-order valence-electron chi connectivity index (χ0n) is 16.7. The van der Waals surface area contributed by atoms with E-state index in [0.717, 1.165) is 36.4 Å². The molecule has 2 atom stereocenters. The molecule has 0 radical (unpaired) electrons. The lowest BCUT2D eigenvalue weighted by Crippen LogP contribution is -2.49. The van der Waals surface area contributed by atoms with Gasteiger partial charge in [-0.25, -0.2) is 4.39 Å². The quantitative estimate of drug-likeness (QED) is 0.839. The van der Waals surface area contributed by atoms with Crippen molar-refractivity contribution in [3.8, 4) is 11.5 Å². The third kappa shape index (κ3) is 3.27. The van der Waals surface area contributed by atoms with Gasteiger partial charge in [0.2, 0.25) is 0 Å². The van der Waals surface area contributed by atoms with Gasteiger partial charge in [-0.15, -0.1) is 0 Å². The number of ether oxygens (including phenoxy) is 2. The predicted octanol–water partition coefficient (Wildman–Crippen LogP) is 4.17. The first kappa shape index (κ1) is 19.2. The van der Waals surface area contributed by atoms with Crippen molar-refractivity contribution in [2.75, 3.05) is 14.2 Å². The van der Waals surface area contributed by atoms with Crippen molar-refractivity contribution in [1.29, 1.82) is 0 Å². The lowest BCUT2D eigenvalue weighted by Gasteiger charge is -2.44. The summed E-state index contributed by atoms with van der Waals surface area (Å²) in [4.78, 5) is 2.48. The molecule has 0 spiro atoms. The van der Waals surface area contributed by atoms with Crippen molar-refractivity contribution in [1.82, 2.24) is 4.90 Å². The molecule has 150 valence electrons. The summed E-state index contributed by atoms with van der Waals surface area (Å²) in [5, 5.41) is 11.3. The summed E-state index contributed by atoms with van der Waals surface area (Å²) < 4.78 is 25.2. The van der Waals surface area contributed by atoms with Crippen molar-refractivity contribution < 1.29 is 19.0 Å². The highest BCUT2D eigenvalue weighted by atomic mass is 19.1. The monoisotopic (exact) mass is 385 g/mol. The number of fused-ring (bicyclic) bond motifs is 2. The Labute approximate surface area is 165 Å². The van der Waals surface area contributed by atoms with Gasteiger partial charge in [0.1, 0.15) is 5.82 Å². The van der Waals surface area contributed by atoms with Crippen LogP contribution in [0.25, 0.3) is 0 Å². The zero-order valence-corrected chi connectivity index (χ0v) is 16.7. The van der Waals surface area contributed by atoms with Gasteiger partial charge in [-0.05, 0) is 61.9 Å². The van der Waals surface area contributed by atoms with Crippen LogP contribution in [0.2, 0.25) is 0 Å².